The van der Waals surface area contributed by atoms with Crippen molar-refractivity contribution in [1.29, 1.82) is 0 Å². The van der Waals surface area contributed by atoms with E-state index in [4.69, 9.17) is 14.0 Å². The van der Waals surface area contributed by atoms with Gasteiger partial charge in [-0.15, -0.1) is 5.92 Å². The van der Waals surface area contributed by atoms with Crippen LogP contribution in [0.25, 0.3) is 0 Å². The van der Waals surface area contributed by atoms with Gasteiger partial charge in [0.05, 0.1) is 24.9 Å². The third-order valence-electron chi connectivity index (χ3n) is 20.5. The highest BCUT2D eigenvalue weighted by atomic mass is 31.2. The molecule has 16 atom stereocenters. The first-order valence-corrected chi connectivity index (χ1v) is 27.5. The molecule has 0 heterocycles. The van der Waals surface area contributed by atoms with E-state index >= 15 is 0 Å². The maximum Gasteiger partial charge on any atom is 0.471 e. The summed E-state index contributed by atoms with van der Waals surface area (Å²) in [5, 5.41) is 33.7. The number of phosphoric ester groups is 1. The van der Waals surface area contributed by atoms with Crippen molar-refractivity contribution in [2.24, 2.45) is 63.6 Å². The Balaban J connectivity index is 0.871. The number of carbonyl (C=O) groups excluding carboxylic acids is 1. The fourth-order valence-corrected chi connectivity index (χ4v) is 17.2. The Morgan fingerprint density at radius 3 is 2.44 bits per heavy atom. The molecule has 5 N–H and O–H groups in total. The summed E-state index contributed by atoms with van der Waals surface area (Å²) in [6, 6.07) is 8.98. The number of carboxylic acids is 1. The van der Waals surface area contributed by atoms with Crippen LogP contribution >= 0.6 is 7.82 Å². The van der Waals surface area contributed by atoms with Crippen LogP contribution in [0, 0.1) is 75.4 Å². The summed E-state index contributed by atoms with van der Waals surface area (Å²) in [5.74, 6) is 7.54. The Morgan fingerprint density at radius 1 is 0.956 bits per heavy atom. The maximum absolute atomic E-state index is 12.6. The molecule has 68 heavy (non-hydrogen) atoms. The topological polar surface area (TPSA) is 183 Å². The SMILES string of the molecule is CC#C[C@]1(O)CCC2C3CCC4=CC(=O)CCC4=C3[C@@H](c3ccc(N(C)CCO[C@H]4CC[C@@]5(C)[C@@H](C4)C[C@@H](OCOP(=O)(O)O)[C@@H]4[C@@H]5C[C@H](O)[C@]5(C)[C@@H]([C@H](C)CCC(=O)O)CC[C@@H]45)cc3)C[C@@]21C. The molecule has 0 spiro atoms. The Bertz CT molecular complexity index is 2260. The zero-order valence-corrected chi connectivity index (χ0v) is 42.2. The van der Waals surface area contributed by atoms with Crippen LogP contribution in [0.1, 0.15) is 149 Å². The number of ketones is 1. The van der Waals surface area contributed by atoms with Gasteiger partial charge < -0.3 is 39.5 Å². The number of hydrogen-bond donors (Lipinski definition) is 5. The maximum atomic E-state index is 12.6. The standard InChI is InChI=1S/C55H78NO11P/c1-7-22-55(61)24-21-44-41-15-11-35-27-38(57)14-16-40(35)50(41)42(31-53(44,55)4)34-9-12-37(13-10-34)56(6)25-26-65-39-20-23-52(3)36(28-39)29-47(66-32-67-68(62,63)64)51-45-18-17-43(33(2)8-19-49(59)60)54(45,5)48(58)30-46(51)52/h9-10,12-13,27,33,36,39,41-48,51,58,61H,8,11,14-21,23-26,28-32H2,1-6H3,(H,59,60)(H2,62,63,64)/t33-,36+,39+,41?,42-,43-,44?,45+,46+,47-,48+,51+,52+,53+,54-,55+/m1/s1. The number of aliphatic hydroxyl groups is 2. The van der Waals surface area contributed by atoms with Gasteiger partial charge in [0.1, 0.15) is 5.60 Å². The van der Waals surface area contributed by atoms with Crippen LogP contribution in [0.4, 0.5) is 5.69 Å². The number of aliphatic carboxylic acids is 1. The summed E-state index contributed by atoms with van der Waals surface area (Å²) < 4.78 is 29.7. The molecule has 6 fully saturated rings. The number of carboxylic acid groups (broad SMARTS) is 1. The molecule has 13 heteroatoms. The lowest BCUT2D eigenvalue weighted by atomic mass is 9.43. The van der Waals surface area contributed by atoms with Crippen molar-refractivity contribution < 1.29 is 53.3 Å². The minimum absolute atomic E-state index is 0.0484. The number of phosphoric acid groups is 1. The zero-order valence-electron chi connectivity index (χ0n) is 41.3. The van der Waals surface area contributed by atoms with Gasteiger partial charge in [0.2, 0.25) is 0 Å². The number of rotatable bonds is 14. The highest BCUT2D eigenvalue weighted by Gasteiger charge is 2.67. The Morgan fingerprint density at radius 2 is 1.72 bits per heavy atom. The van der Waals surface area contributed by atoms with Gasteiger partial charge in [0, 0.05) is 43.5 Å². The van der Waals surface area contributed by atoms with Crippen molar-refractivity contribution in [1.82, 2.24) is 0 Å². The number of carbonyl (C=O) groups is 2. The molecule has 0 aromatic heterocycles. The van der Waals surface area contributed by atoms with E-state index in [9.17, 15) is 39.3 Å². The summed E-state index contributed by atoms with van der Waals surface area (Å²) in [4.78, 5) is 45.4. The van der Waals surface area contributed by atoms with Gasteiger partial charge in [0.15, 0.2) is 12.6 Å². The Kier molecular flexibility index (Phi) is 14.0. The summed E-state index contributed by atoms with van der Waals surface area (Å²) in [6.07, 6.45) is 13.5. The molecule has 0 bridgehead atoms. The molecular formula is C55H78NO11P. The zero-order chi connectivity index (χ0) is 48.6. The summed E-state index contributed by atoms with van der Waals surface area (Å²) in [5.41, 5.74) is 4.67. The molecule has 0 saturated heterocycles. The lowest BCUT2D eigenvalue weighted by Gasteiger charge is -2.64. The van der Waals surface area contributed by atoms with Crippen molar-refractivity contribution in [3.05, 3.63) is 52.6 Å². The number of ether oxygens (including phenoxy) is 2. The first kappa shape index (κ1) is 50.1. The minimum Gasteiger partial charge on any atom is -0.481 e. The van der Waals surface area contributed by atoms with E-state index < -0.39 is 37.7 Å². The minimum atomic E-state index is -4.75. The van der Waals surface area contributed by atoms with Crippen LogP contribution in [-0.2, 0) is 28.2 Å². The van der Waals surface area contributed by atoms with E-state index in [2.05, 4.69) is 75.7 Å². The van der Waals surface area contributed by atoms with Crippen LogP contribution in [0.5, 0.6) is 0 Å². The third-order valence-corrected chi connectivity index (χ3v) is 21.0. The Hall–Kier alpha value is -2.85. The lowest BCUT2D eigenvalue weighted by Crippen LogP contribution is -2.62. The van der Waals surface area contributed by atoms with E-state index in [0.717, 1.165) is 76.3 Å². The molecule has 374 valence electrons. The summed E-state index contributed by atoms with van der Waals surface area (Å²) in [7, 11) is -2.64. The molecule has 12 nitrogen and oxygen atoms in total. The van der Waals surface area contributed by atoms with Gasteiger partial charge in [-0.3, -0.25) is 14.1 Å². The summed E-state index contributed by atoms with van der Waals surface area (Å²) in [6.45, 7) is 11.6. The average Bonchev–Trinajstić information content (AvgIpc) is 3.78. The van der Waals surface area contributed by atoms with Crippen LogP contribution in [0.15, 0.2) is 47.1 Å². The first-order chi connectivity index (χ1) is 32.2. The molecule has 0 aliphatic heterocycles. The van der Waals surface area contributed by atoms with Crippen LogP contribution < -0.4 is 4.90 Å². The van der Waals surface area contributed by atoms with Crippen LogP contribution in [0.3, 0.4) is 0 Å². The number of likely N-dealkylation sites (N-methyl/N-ethyl adjacent to an activating group) is 1. The van der Waals surface area contributed by atoms with Gasteiger partial charge >= 0.3 is 13.8 Å². The van der Waals surface area contributed by atoms with Crippen molar-refractivity contribution in [2.75, 3.05) is 31.9 Å². The smallest absolute Gasteiger partial charge is 0.471 e. The Labute approximate surface area is 404 Å². The van der Waals surface area contributed by atoms with Crippen LogP contribution in [0.2, 0.25) is 0 Å². The fourth-order valence-electron chi connectivity index (χ4n) is 17.0. The van der Waals surface area contributed by atoms with Gasteiger partial charge in [0.25, 0.3) is 0 Å². The second-order valence-corrected chi connectivity index (χ2v) is 24.7. The fraction of sp³-hybridized carbons (Fsp3) is 0.745. The molecule has 1 aromatic rings. The highest BCUT2D eigenvalue weighted by molar-refractivity contribution is 7.46. The number of hydrogen-bond acceptors (Lipinski definition) is 9. The normalized spacial score (nSPS) is 41.2. The average molecular weight is 960 g/mol. The molecule has 1 aromatic carbocycles. The van der Waals surface area contributed by atoms with Gasteiger partial charge in [-0.1, -0.05) is 51.3 Å². The predicted octanol–water partition coefficient (Wildman–Crippen LogP) is 9.35. The van der Waals surface area contributed by atoms with E-state index in [1.165, 1.54) is 22.3 Å². The van der Waals surface area contributed by atoms with E-state index in [1.54, 1.807) is 0 Å². The number of aliphatic hydroxyl groups excluding tert-OH is 1. The third kappa shape index (κ3) is 8.84. The van der Waals surface area contributed by atoms with Gasteiger partial charge in [-0.05, 0) is 190 Å². The van der Waals surface area contributed by atoms with Crippen molar-refractivity contribution in [3.8, 4) is 11.8 Å². The van der Waals surface area contributed by atoms with Crippen molar-refractivity contribution >= 4 is 25.3 Å². The van der Waals surface area contributed by atoms with Gasteiger partial charge in [-0.25, -0.2) is 4.57 Å². The molecule has 6 saturated carbocycles. The van der Waals surface area contributed by atoms with Crippen molar-refractivity contribution in [2.45, 2.75) is 167 Å². The molecule has 0 amide bonds. The lowest BCUT2D eigenvalue weighted by molar-refractivity contribution is -0.227. The molecular weight excluding hydrogens is 882 g/mol. The number of benzene rings is 1. The number of nitrogens with zero attached hydrogens (tertiary/aromatic N) is 1. The van der Waals surface area contributed by atoms with Crippen LogP contribution in [-0.4, -0.2) is 87.8 Å². The molecule has 8 aliphatic rings. The number of fused-ring (bicyclic) bond motifs is 9. The van der Waals surface area contributed by atoms with Crippen molar-refractivity contribution in [3.63, 3.8) is 0 Å². The molecule has 9 rings (SSSR count). The molecule has 2 unspecified atom stereocenters. The number of anilines is 1. The summed E-state index contributed by atoms with van der Waals surface area (Å²) >= 11 is 0. The van der Waals surface area contributed by atoms with E-state index in [-0.39, 0.29) is 76.7 Å². The molecule has 8 aliphatic carbocycles. The second-order valence-electron chi connectivity index (χ2n) is 23.4. The van der Waals surface area contributed by atoms with E-state index in [1.807, 2.05) is 13.0 Å². The molecule has 0 radical (unpaired) electrons. The first-order valence-electron chi connectivity index (χ1n) is 26.0. The quantitative estimate of drug-likeness (QED) is 0.0678. The second kappa shape index (κ2) is 19.0. The highest BCUT2D eigenvalue weighted by Crippen LogP contribution is 2.70. The van der Waals surface area contributed by atoms with E-state index in [0.29, 0.717) is 50.7 Å². The largest absolute Gasteiger partial charge is 0.481 e. The monoisotopic (exact) mass is 960 g/mol. The predicted molar refractivity (Wildman–Crippen MR) is 259 cm³/mol. The number of allylic oxidation sites excluding steroid dienone is 4. The van der Waals surface area contributed by atoms with Gasteiger partial charge in [-0.2, -0.15) is 0 Å².